The van der Waals surface area contributed by atoms with Crippen molar-refractivity contribution in [3.05, 3.63) is 87.4 Å². The molecule has 0 unspecified atom stereocenters. The third kappa shape index (κ3) is 6.26. The van der Waals surface area contributed by atoms with Crippen molar-refractivity contribution in [3.63, 3.8) is 0 Å². The summed E-state index contributed by atoms with van der Waals surface area (Å²) in [5, 5.41) is 6.13. The smallest absolute Gasteiger partial charge is 0.251 e. The third-order valence-corrected chi connectivity index (χ3v) is 5.49. The molecule has 2 amide bonds. The molecule has 0 spiro atoms. The van der Waals surface area contributed by atoms with Gasteiger partial charge in [0.2, 0.25) is 5.91 Å². The van der Waals surface area contributed by atoms with Gasteiger partial charge in [0.05, 0.1) is 13.7 Å². The molecular formula is C26H27ClN2O4. The Balaban J connectivity index is 1.60. The number of carbonyl (C=O) groups is 2. The van der Waals surface area contributed by atoms with E-state index in [4.69, 9.17) is 21.1 Å². The van der Waals surface area contributed by atoms with Crippen LogP contribution >= 0.6 is 11.6 Å². The maximum absolute atomic E-state index is 12.6. The fourth-order valence-electron chi connectivity index (χ4n) is 3.52. The van der Waals surface area contributed by atoms with Crippen LogP contribution < -0.4 is 20.1 Å². The molecular weight excluding hydrogens is 440 g/mol. The van der Waals surface area contributed by atoms with Crippen molar-refractivity contribution in [2.75, 3.05) is 19.0 Å². The fourth-order valence-corrected chi connectivity index (χ4v) is 3.71. The van der Waals surface area contributed by atoms with Crippen molar-refractivity contribution in [2.24, 2.45) is 0 Å². The molecule has 3 aromatic rings. The predicted octanol–water partition coefficient (Wildman–Crippen LogP) is 5.22. The van der Waals surface area contributed by atoms with E-state index < -0.39 is 5.91 Å². The van der Waals surface area contributed by atoms with Crippen LogP contribution in [0.2, 0.25) is 5.02 Å². The van der Waals surface area contributed by atoms with Crippen LogP contribution in [0, 0.1) is 20.8 Å². The summed E-state index contributed by atoms with van der Waals surface area (Å²) < 4.78 is 11.2. The standard InChI is InChI=1S/C26H27ClN2O4/c1-16-11-17(2)25(18(3)12-16)29-24(30)14-28-26(31)19-9-10-22(23(13-19)32-4)33-15-20-7-5-6-8-21(20)27/h5-13H,14-15H2,1-4H3,(H,28,31)(H,29,30). The Morgan fingerprint density at radius 2 is 1.64 bits per heavy atom. The average molecular weight is 467 g/mol. The van der Waals surface area contributed by atoms with Gasteiger partial charge in [-0.15, -0.1) is 0 Å². The summed E-state index contributed by atoms with van der Waals surface area (Å²) in [5.74, 6) is 0.200. The molecule has 6 nitrogen and oxygen atoms in total. The normalized spacial score (nSPS) is 10.5. The van der Waals surface area contributed by atoms with Gasteiger partial charge < -0.3 is 20.1 Å². The highest BCUT2D eigenvalue weighted by Crippen LogP contribution is 2.29. The Bertz CT molecular complexity index is 1150. The van der Waals surface area contributed by atoms with Crippen molar-refractivity contribution in [3.8, 4) is 11.5 Å². The van der Waals surface area contributed by atoms with E-state index in [0.29, 0.717) is 22.1 Å². The van der Waals surface area contributed by atoms with E-state index in [1.807, 2.05) is 51.1 Å². The van der Waals surface area contributed by atoms with Gasteiger partial charge in [0.15, 0.2) is 11.5 Å². The molecule has 0 aromatic heterocycles. The first kappa shape index (κ1) is 24.1. The van der Waals surface area contributed by atoms with Crippen LogP contribution in [0.15, 0.2) is 54.6 Å². The maximum Gasteiger partial charge on any atom is 0.251 e. The number of rotatable bonds is 8. The summed E-state index contributed by atoms with van der Waals surface area (Å²) in [7, 11) is 1.50. The lowest BCUT2D eigenvalue weighted by atomic mass is 10.1. The van der Waals surface area contributed by atoms with Gasteiger partial charge in [0.25, 0.3) is 5.91 Å². The predicted molar refractivity (Wildman–Crippen MR) is 130 cm³/mol. The third-order valence-electron chi connectivity index (χ3n) is 5.12. The average Bonchev–Trinajstić information content (AvgIpc) is 2.79. The maximum atomic E-state index is 12.6. The molecule has 0 radical (unpaired) electrons. The summed E-state index contributed by atoms with van der Waals surface area (Å²) in [6.07, 6.45) is 0. The number of amides is 2. The van der Waals surface area contributed by atoms with Crippen molar-refractivity contribution < 1.29 is 19.1 Å². The highest BCUT2D eigenvalue weighted by atomic mass is 35.5. The highest BCUT2D eigenvalue weighted by Gasteiger charge is 2.14. The molecule has 0 atom stereocenters. The molecule has 7 heteroatoms. The van der Waals surface area contributed by atoms with Gasteiger partial charge in [0, 0.05) is 21.8 Å². The molecule has 0 saturated heterocycles. The van der Waals surface area contributed by atoms with Crippen molar-refractivity contribution in [2.45, 2.75) is 27.4 Å². The first-order valence-electron chi connectivity index (χ1n) is 10.5. The van der Waals surface area contributed by atoms with Gasteiger partial charge in [-0.05, 0) is 56.2 Å². The van der Waals surface area contributed by atoms with E-state index in [1.54, 1.807) is 24.3 Å². The number of carbonyl (C=O) groups excluding carboxylic acids is 2. The number of anilines is 1. The molecule has 3 aromatic carbocycles. The molecule has 0 heterocycles. The zero-order chi connectivity index (χ0) is 24.0. The van der Waals surface area contributed by atoms with Gasteiger partial charge in [-0.3, -0.25) is 9.59 Å². The first-order chi connectivity index (χ1) is 15.8. The Morgan fingerprint density at radius 1 is 0.939 bits per heavy atom. The molecule has 0 bridgehead atoms. The van der Waals surface area contributed by atoms with E-state index in [2.05, 4.69) is 10.6 Å². The number of nitrogens with one attached hydrogen (secondary N) is 2. The number of halogens is 1. The number of methoxy groups -OCH3 is 1. The minimum Gasteiger partial charge on any atom is -0.493 e. The summed E-state index contributed by atoms with van der Waals surface area (Å²) in [6.45, 7) is 6.00. The molecule has 3 rings (SSSR count). The molecule has 33 heavy (non-hydrogen) atoms. The zero-order valence-electron chi connectivity index (χ0n) is 19.1. The zero-order valence-corrected chi connectivity index (χ0v) is 19.9. The topological polar surface area (TPSA) is 76.7 Å². The largest absolute Gasteiger partial charge is 0.493 e. The van der Waals surface area contributed by atoms with E-state index in [-0.39, 0.29) is 19.1 Å². The lowest BCUT2D eigenvalue weighted by Crippen LogP contribution is -2.33. The second-order valence-electron chi connectivity index (χ2n) is 7.75. The van der Waals surface area contributed by atoms with Crippen molar-refractivity contribution in [1.29, 1.82) is 0 Å². The van der Waals surface area contributed by atoms with Gasteiger partial charge in [-0.1, -0.05) is 47.5 Å². The molecule has 0 aliphatic rings. The fraction of sp³-hybridized carbons (Fsp3) is 0.231. The Hall–Kier alpha value is -3.51. The Labute approximate surface area is 198 Å². The van der Waals surface area contributed by atoms with Gasteiger partial charge in [-0.2, -0.15) is 0 Å². The summed E-state index contributed by atoms with van der Waals surface area (Å²) >= 11 is 6.17. The molecule has 0 aliphatic carbocycles. The lowest BCUT2D eigenvalue weighted by Gasteiger charge is -2.14. The highest BCUT2D eigenvalue weighted by molar-refractivity contribution is 6.31. The Kier molecular flexibility index (Phi) is 7.96. The van der Waals surface area contributed by atoms with E-state index in [9.17, 15) is 9.59 Å². The molecule has 0 aliphatic heterocycles. The van der Waals surface area contributed by atoms with E-state index in [0.717, 1.165) is 27.9 Å². The molecule has 0 fully saturated rings. The minimum absolute atomic E-state index is 0.154. The quantitative estimate of drug-likeness (QED) is 0.477. The minimum atomic E-state index is -0.390. The summed E-state index contributed by atoms with van der Waals surface area (Å²) in [6, 6.07) is 16.3. The van der Waals surface area contributed by atoms with Gasteiger partial charge >= 0.3 is 0 Å². The molecule has 2 N–H and O–H groups in total. The SMILES string of the molecule is COc1cc(C(=O)NCC(=O)Nc2c(C)cc(C)cc2C)ccc1OCc1ccccc1Cl. The van der Waals surface area contributed by atoms with Gasteiger partial charge in [-0.25, -0.2) is 0 Å². The van der Waals surface area contributed by atoms with Crippen LogP contribution in [0.1, 0.15) is 32.6 Å². The van der Waals surface area contributed by atoms with Crippen LogP contribution in [0.25, 0.3) is 0 Å². The van der Waals surface area contributed by atoms with Crippen LogP contribution in [0.3, 0.4) is 0 Å². The molecule has 172 valence electrons. The summed E-state index contributed by atoms with van der Waals surface area (Å²) in [4.78, 5) is 25.0. The van der Waals surface area contributed by atoms with E-state index in [1.165, 1.54) is 7.11 Å². The monoisotopic (exact) mass is 466 g/mol. The van der Waals surface area contributed by atoms with Crippen molar-refractivity contribution >= 4 is 29.1 Å². The van der Waals surface area contributed by atoms with Crippen LogP contribution in [0.5, 0.6) is 11.5 Å². The van der Waals surface area contributed by atoms with Crippen LogP contribution in [0.4, 0.5) is 5.69 Å². The first-order valence-corrected chi connectivity index (χ1v) is 10.9. The number of aryl methyl sites for hydroxylation is 3. The second-order valence-corrected chi connectivity index (χ2v) is 8.16. The van der Waals surface area contributed by atoms with Crippen LogP contribution in [-0.2, 0) is 11.4 Å². The molecule has 0 saturated carbocycles. The Morgan fingerprint density at radius 3 is 2.30 bits per heavy atom. The van der Waals surface area contributed by atoms with Crippen LogP contribution in [-0.4, -0.2) is 25.5 Å². The number of hydrogen-bond acceptors (Lipinski definition) is 4. The lowest BCUT2D eigenvalue weighted by molar-refractivity contribution is -0.115. The number of benzene rings is 3. The van der Waals surface area contributed by atoms with E-state index >= 15 is 0 Å². The second kappa shape index (κ2) is 10.9. The number of ether oxygens (including phenoxy) is 2. The van der Waals surface area contributed by atoms with Gasteiger partial charge in [0.1, 0.15) is 6.61 Å². The number of hydrogen-bond donors (Lipinski definition) is 2. The summed E-state index contributed by atoms with van der Waals surface area (Å²) in [5.41, 5.74) is 5.04. The van der Waals surface area contributed by atoms with Crippen molar-refractivity contribution in [1.82, 2.24) is 5.32 Å².